The van der Waals surface area contributed by atoms with Crippen LogP contribution >= 0.6 is 0 Å². The third-order valence-electron chi connectivity index (χ3n) is 3.36. The predicted molar refractivity (Wildman–Crippen MR) is 86.4 cm³/mol. The van der Waals surface area contributed by atoms with Crippen LogP contribution in [0.2, 0.25) is 0 Å². The first-order valence-corrected chi connectivity index (χ1v) is 8.31. The second-order valence-electron chi connectivity index (χ2n) is 5.36. The molecule has 1 unspecified atom stereocenters. The van der Waals surface area contributed by atoms with Gasteiger partial charge >= 0.3 is 0 Å². The van der Waals surface area contributed by atoms with Gasteiger partial charge in [-0.3, -0.25) is 0 Å². The second-order valence-corrected chi connectivity index (χ2v) is 5.36. The van der Waals surface area contributed by atoms with Crippen molar-refractivity contribution in [1.29, 1.82) is 0 Å². The molecule has 0 spiro atoms. The molecule has 0 saturated carbocycles. The summed E-state index contributed by atoms with van der Waals surface area (Å²) in [6.45, 7) is 4.34. The molecule has 0 heterocycles. The molecule has 1 heteroatoms. The standard InChI is InChI=1S/C18H34O/c1-3-5-7-8-9-10-11-12-13-14-15-17-18(19)16-6-4-2/h6,8-9,16,18-19H,3-5,7,10-15,17H2,1-2H3. The summed E-state index contributed by atoms with van der Waals surface area (Å²) in [5.41, 5.74) is 0. The van der Waals surface area contributed by atoms with E-state index in [0.717, 1.165) is 19.3 Å². The minimum atomic E-state index is -0.221. The summed E-state index contributed by atoms with van der Waals surface area (Å²) in [6, 6.07) is 0. The Morgan fingerprint density at radius 2 is 1.42 bits per heavy atom. The van der Waals surface area contributed by atoms with Gasteiger partial charge in [0.25, 0.3) is 0 Å². The van der Waals surface area contributed by atoms with Crippen molar-refractivity contribution in [3.05, 3.63) is 24.3 Å². The van der Waals surface area contributed by atoms with Crippen molar-refractivity contribution in [2.75, 3.05) is 0 Å². The van der Waals surface area contributed by atoms with Gasteiger partial charge < -0.3 is 5.11 Å². The van der Waals surface area contributed by atoms with Crippen molar-refractivity contribution in [3.63, 3.8) is 0 Å². The van der Waals surface area contributed by atoms with Gasteiger partial charge in [0.1, 0.15) is 0 Å². The van der Waals surface area contributed by atoms with E-state index in [2.05, 4.69) is 32.1 Å². The van der Waals surface area contributed by atoms with Crippen molar-refractivity contribution >= 4 is 0 Å². The normalized spacial score (nSPS) is 13.6. The van der Waals surface area contributed by atoms with Gasteiger partial charge in [0, 0.05) is 0 Å². The molecule has 0 aromatic carbocycles. The lowest BCUT2D eigenvalue weighted by Gasteiger charge is -2.05. The van der Waals surface area contributed by atoms with Gasteiger partial charge in [-0.25, -0.2) is 0 Å². The van der Waals surface area contributed by atoms with E-state index in [-0.39, 0.29) is 6.10 Å². The van der Waals surface area contributed by atoms with Crippen LogP contribution in [0.1, 0.15) is 84.5 Å². The molecule has 0 rings (SSSR count). The summed E-state index contributed by atoms with van der Waals surface area (Å²) in [5, 5.41) is 9.63. The molecule has 0 bridgehead atoms. The molecule has 1 atom stereocenters. The van der Waals surface area contributed by atoms with Crippen molar-refractivity contribution in [1.82, 2.24) is 0 Å². The number of unbranched alkanes of at least 4 members (excludes halogenated alkanes) is 7. The highest BCUT2D eigenvalue weighted by molar-refractivity contribution is 4.87. The van der Waals surface area contributed by atoms with E-state index in [1.807, 2.05) is 6.08 Å². The summed E-state index contributed by atoms with van der Waals surface area (Å²) in [5.74, 6) is 0. The zero-order valence-corrected chi connectivity index (χ0v) is 13.1. The average molecular weight is 266 g/mol. The Labute approximate surface area is 120 Å². The Morgan fingerprint density at radius 3 is 2.11 bits per heavy atom. The maximum absolute atomic E-state index is 9.63. The first-order chi connectivity index (χ1) is 9.31. The third-order valence-corrected chi connectivity index (χ3v) is 3.36. The molecule has 0 radical (unpaired) electrons. The van der Waals surface area contributed by atoms with E-state index in [4.69, 9.17) is 0 Å². The predicted octanol–water partition coefficient (Wildman–Crippen LogP) is 5.79. The van der Waals surface area contributed by atoms with Gasteiger partial charge in [-0.1, -0.05) is 76.7 Å². The van der Waals surface area contributed by atoms with Crippen LogP contribution in [0.5, 0.6) is 0 Å². The largest absolute Gasteiger partial charge is 0.389 e. The minimum absolute atomic E-state index is 0.221. The fraction of sp³-hybridized carbons (Fsp3) is 0.778. The van der Waals surface area contributed by atoms with E-state index < -0.39 is 0 Å². The van der Waals surface area contributed by atoms with Crippen LogP contribution in [-0.2, 0) is 0 Å². The van der Waals surface area contributed by atoms with Crippen LogP contribution in [0.25, 0.3) is 0 Å². The second kappa shape index (κ2) is 15.5. The zero-order valence-electron chi connectivity index (χ0n) is 13.1. The van der Waals surface area contributed by atoms with E-state index in [0.29, 0.717) is 0 Å². The van der Waals surface area contributed by atoms with E-state index in [1.165, 1.54) is 51.4 Å². The molecule has 0 aliphatic rings. The van der Waals surface area contributed by atoms with Gasteiger partial charge in [0.2, 0.25) is 0 Å². The first-order valence-electron chi connectivity index (χ1n) is 8.31. The smallest absolute Gasteiger partial charge is 0.0720 e. The summed E-state index contributed by atoms with van der Waals surface area (Å²) >= 11 is 0. The summed E-state index contributed by atoms with van der Waals surface area (Å²) in [6.07, 6.45) is 21.9. The molecule has 0 aliphatic heterocycles. The van der Waals surface area contributed by atoms with Gasteiger partial charge in [-0.2, -0.15) is 0 Å². The summed E-state index contributed by atoms with van der Waals surface area (Å²) in [4.78, 5) is 0. The van der Waals surface area contributed by atoms with Crippen LogP contribution in [-0.4, -0.2) is 11.2 Å². The number of hydrogen-bond acceptors (Lipinski definition) is 1. The fourth-order valence-corrected chi connectivity index (χ4v) is 2.09. The van der Waals surface area contributed by atoms with Crippen molar-refractivity contribution in [2.24, 2.45) is 0 Å². The highest BCUT2D eigenvalue weighted by Gasteiger charge is 1.98. The zero-order chi connectivity index (χ0) is 14.2. The molecule has 0 amide bonds. The lowest BCUT2D eigenvalue weighted by atomic mass is 10.1. The Hall–Kier alpha value is -0.560. The van der Waals surface area contributed by atoms with Gasteiger partial charge in [0.15, 0.2) is 0 Å². The molecule has 19 heavy (non-hydrogen) atoms. The topological polar surface area (TPSA) is 20.2 Å². The lowest BCUT2D eigenvalue weighted by molar-refractivity contribution is 0.207. The van der Waals surface area contributed by atoms with E-state index in [1.54, 1.807) is 0 Å². The molecule has 0 aromatic rings. The number of hydrogen-bond donors (Lipinski definition) is 1. The van der Waals surface area contributed by atoms with Crippen LogP contribution in [0.15, 0.2) is 24.3 Å². The molecule has 1 N–H and O–H groups in total. The quantitative estimate of drug-likeness (QED) is 0.330. The molecule has 1 nitrogen and oxygen atoms in total. The van der Waals surface area contributed by atoms with Crippen LogP contribution < -0.4 is 0 Å². The van der Waals surface area contributed by atoms with Crippen molar-refractivity contribution < 1.29 is 5.11 Å². The van der Waals surface area contributed by atoms with Crippen molar-refractivity contribution in [2.45, 2.75) is 90.6 Å². The maximum atomic E-state index is 9.63. The highest BCUT2D eigenvalue weighted by atomic mass is 16.3. The van der Waals surface area contributed by atoms with E-state index >= 15 is 0 Å². The molecule has 0 aliphatic carbocycles. The average Bonchev–Trinajstić information content (AvgIpc) is 2.42. The Bertz CT molecular complexity index is 218. The Balaban J connectivity index is 3.18. The minimum Gasteiger partial charge on any atom is -0.389 e. The molecule has 0 aromatic heterocycles. The number of allylic oxidation sites excluding steroid dienone is 3. The molecule has 112 valence electrons. The first kappa shape index (κ1) is 18.4. The Kier molecular flexibility index (Phi) is 15.0. The van der Waals surface area contributed by atoms with Crippen LogP contribution in [0.4, 0.5) is 0 Å². The van der Waals surface area contributed by atoms with Gasteiger partial charge in [-0.15, -0.1) is 0 Å². The van der Waals surface area contributed by atoms with E-state index in [9.17, 15) is 5.11 Å². The number of aliphatic hydroxyl groups excluding tert-OH is 1. The maximum Gasteiger partial charge on any atom is 0.0720 e. The van der Waals surface area contributed by atoms with Gasteiger partial charge in [-0.05, 0) is 32.1 Å². The SMILES string of the molecule is CCC=CC(O)CCCCCCCC=CCCCC. The monoisotopic (exact) mass is 266 g/mol. The fourth-order valence-electron chi connectivity index (χ4n) is 2.09. The highest BCUT2D eigenvalue weighted by Crippen LogP contribution is 2.10. The number of rotatable bonds is 13. The van der Waals surface area contributed by atoms with Gasteiger partial charge in [0.05, 0.1) is 6.10 Å². The number of aliphatic hydroxyl groups is 1. The van der Waals surface area contributed by atoms with Crippen molar-refractivity contribution in [3.8, 4) is 0 Å². The third kappa shape index (κ3) is 15.4. The molecular formula is C18H34O. The lowest BCUT2D eigenvalue weighted by Crippen LogP contribution is -2.01. The molecular weight excluding hydrogens is 232 g/mol. The summed E-state index contributed by atoms with van der Waals surface area (Å²) in [7, 11) is 0. The Morgan fingerprint density at radius 1 is 0.789 bits per heavy atom. The van der Waals surface area contributed by atoms with Crippen LogP contribution in [0, 0.1) is 0 Å². The molecule has 0 saturated heterocycles. The summed E-state index contributed by atoms with van der Waals surface area (Å²) < 4.78 is 0. The molecule has 0 fully saturated rings. The van der Waals surface area contributed by atoms with Crippen LogP contribution in [0.3, 0.4) is 0 Å².